The lowest BCUT2D eigenvalue weighted by Gasteiger charge is -2.23. The lowest BCUT2D eigenvalue weighted by Crippen LogP contribution is -2.30. The van der Waals surface area contributed by atoms with E-state index in [1.54, 1.807) is 14.0 Å². The molecule has 1 atom stereocenters. The van der Waals surface area contributed by atoms with Crippen LogP contribution in [0.2, 0.25) is 5.02 Å². The summed E-state index contributed by atoms with van der Waals surface area (Å²) in [5.74, 6) is -0.985. The van der Waals surface area contributed by atoms with Gasteiger partial charge in [-0.2, -0.15) is 0 Å². The summed E-state index contributed by atoms with van der Waals surface area (Å²) < 4.78 is 18.4. The largest absolute Gasteiger partial charge is 0.480 e. The van der Waals surface area contributed by atoms with Crippen LogP contribution in [0.4, 0.5) is 4.39 Å². The number of hydrogen-bond donors (Lipinski definition) is 1. The average molecular weight is 314 g/mol. The molecule has 2 aromatic rings. The molecule has 0 aliphatic carbocycles. The minimum atomic E-state index is -1.09. The highest BCUT2D eigenvalue weighted by atomic mass is 35.5. The predicted molar refractivity (Wildman–Crippen MR) is 72.3 cm³/mol. The van der Waals surface area contributed by atoms with Crippen molar-refractivity contribution >= 4 is 17.6 Å². The maximum absolute atomic E-state index is 13.2. The van der Waals surface area contributed by atoms with Crippen LogP contribution in [0.3, 0.4) is 0 Å². The summed E-state index contributed by atoms with van der Waals surface area (Å²) in [7, 11) is 1.59. The van der Waals surface area contributed by atoms with E-state index in [1.807, 2.05) is 0 Å². The number of aromatic nitrogens is 2. The monoisotopic (exact) mass is 313 g/mol. The molecule has 0 aliphatic rings. The Labute approximate surface area is 125 Å². The molecule has 0 saturated heterocycles. The Morgan fingerprint density at radius 1 is 1.52 bits per heavy atom. The van der Waals surface area contributed by atoms with Gasteiger partial charge in [-0.05, 0) is 24.7 Å². The van der Waals surface area contributed by atoms with E-state index < -0.39 is 17.8 Å². The highest BCUT2D eigenvalue weighted by Crippen LogP contribution is 2.25. The highest BCUT2D eigenvalue weighted by molar-refractivity contribution is 6.30. The molecule has 0 fully saturated rings. The molecule has 0 spiro atoms. The Balaban J connectivity index is 2.25. The van der Waals surface area contributed by atoms with E-state index in [4.69, 9.17) is 16.0 Å². The minimum Gasteiger partial charge on any atom is -0.480 e. The summed E-state index contributed by atoms with van der Waals surface area (Å²) in [4.78, 5) is 13.0. The number of aryl methyl sites for hydroxylation is 1. The number of benzene rings is 1. The molecule has 1 heterocycles. The normalized spacial score (nSPS) is 12.6. The second-order valence-corrected chi connectivity index (χ2v) is 4.95. The second kappa shape index (κ2) is 6.19. The number of rotatable bonds is 5. The topological polar surface area (TPSA) is 79.5 Å². The standard InChI is InChI=1S/C13H13ClFN3O3/c1-7-16-17-11(21-7)6-18(2)12(13(19)20)8-3-4-10(15)9(14)5-8/h3-5,12H,6H2,1-2H3,(H,19,20). The van der Waals surface area contributed by atoms with Gasteiger partial charge in [-0.25, -0.2) is 4.39 Å². The fourth-order valence-corrected chi connectivity index (χ4v) is 2.16. The second-order valence-electron chi connectivity index (χ2n) is 4.54. The van der Waals surface area contributed by atoms with Crippen molar-refractivity contribution in [2.75, 3.05) is 7.05 Å². The third kappa shape index (κ3) is 3.56. The van der Waals surface area contributed by atoms with Gasteiger partial charge in [-0.1, -0.05) is 17.7 Å². The Morgan fingerprint density at radius 3 is 2.76 bits per heavy atom. The van der Waals surface area contributed by atoms with Crippen molar-refractivity contribution < 1.29 is 18.7 Å². The molecule has 0 amide bonds. The van der Waals surface area contributed by atoms with Crippen LogP contribution in [-0.4, -0.2) is 33.2 Å². The van der Waals surface area contributed by atoms with Crippen LogP contribution in [0.15, 0.2) is 22.6 Å². The molecule has 21 heavy (non-hydrogen) atoms. The zero-order valence-electron chi connectivity index (χ0n) is 11.4. The van der Waals surface area contributed by atoms with E-state index in [0.29, 0.717) is 17.3 Å². The Hall–Kier alpha value is -1.99. The third-order valence-electron chi connectivity index (χ3n) is 2.89. The zero-order valence-corrected chi connectivity index (χ0v) is 12.1. The smallest absolute Gasteiger partial charge is 0.325 e. The molecule has 1 aromatic carbocycles. The molecule has 0 aliphatic heterocycles. The number of carboxylic acids is 1. The molecule has 1 aromatic heterocycles. The number of carbonyl (C=O) groups is 1. The first-order valence-electron chi connectivity index (χ1n) is 6.05. The van der Waals surface area contributed by atoms with Gasteiger partial charge in [0.25, 0.3) is 0 Å². The maximum Gasteiger partial charge on any atom is 0.325 e. The van der Waals surface area contributed by atoms with Gasteiger partial charge >= 0.3 is 5.97 Å². The molecular weight excluding hydrogens is 301 g/mol. The van der Waals surface area contributed by atoms with Crippen LogP contribution in [-0.2, 0) is 11.3 Å². The molecule has 0 radical (unpaired) electrons. The third-order valence-corrected chi connectivity index (χ3v) is 3.18. The Bertz CT molecular complexity index is 662. The van der Waals surface area contributed by atoms with Crippen molar-refractivity contribution in [1.29, 1.82) is 0 Å². The van der Waals surface area contributed by atoms with E-state index in [2.05, 4.69) is 10.2 Å². The molecule has 2 rings (SSSR count). The summed E-state index contributed by atoms with van der Waals surface area (Å²) in [6, 6.07) is 2.81. The van der Waals surface area contributed by atoms with E-state index in [-0.39, 0.29) is 11.6 Å². The number of halogens is 2. The fourth-order valence-electron chi connectivity index (χ4n) is 1.97. The maximum atomic E-state index is 13.2. The average Bonchev–Trinajstić information content (AvgIpc) is 2.79. The number of aliphatic carboxylic acids is 1. The van der Waals surface area contributed by atoms with Crippen molar-refractivity contribution in [3.8, 4) is 0 Å². The first kappa shape index (κ1) is 15.4. The molecule has 0 bridgehead atoms. The van der Waals surface area contributed by atoms with Crippen LogP contribution in [0, 0.1) is 12.7 Å². The molecule has 6 nitrogen and oxygen atoms in total. The van der Waals surface area contributed by atoms with Gasteiger partial charge < -0.3 is 9.52 Å². The van der Waals surface area contributed by atoms with Crippen LogP contribution in [0.5, 0.6) is 0 Å². The highest BCUT2D eigenvalue weighted by Gasteiger charge is 2.26. The van der Waals surface area contributed by atoms with Crippen molar-refractivity contribution in [3.63, 3.8) is 0 Å². The molecule has 0 saturated carbocycles. The van der Waals surface area contributed by atoms with Crippen molar-refractivity contribution in [2.45, 2.75) is 19.5 Å². The lowest BCUT2D eigenvalue weighted by atomic mass is 10.1. The molecular formula is C13H13ClFN3O3. The van der Waals surface area contributed by atoms with E-state index in [1.165, 1.54) is 17.0 Å². The van der Waals surface area contributed by atoms with Gasteiger partial charge in [-0.3, -0.25) is 9.69 Å². The van der Waals surface area contributed by atoms with Gasteiger partial charge in [0.1, 0.15) is 11.9 Å². The minimum absolute atomic E-state index is 0.124. The van der Waals surface area contributed by atoms with Crippen LogP contribution < -0.4 is 0 Å². The van der Waals surface area contributed by atoms with Gasteiger partial charge in [0, 0.05) is 6.92 Å². The number of likely N-dealkylation sites (N-methyl/N-ethyl adjacent to an activating group) is 1. The first-order chi connectivity index (χ1) is 9.88. The van der Waals surface area contributed by atoms with Gasteiger partial charge in [0.2, 0.25) is 11.8 Å². The van der Waals surface area contributed by atoms with Crippen molar-refractivity contribution in [2.24, 2.45) is 0 Å². The fraction of sp³-hybridized carbons (Fsp3) is 0.308. The molecule has 1 unspecified atom stereocenters. The first-order valence-corrected chi connectivity index (χ1v) is 6.43. The summed E-state index contributed by atoms with van der Waals surface area (Å²) in [5.41, 5.74) is 0.368. The van der Waals surface area contributed by atoms with Gasteiger partial charge in [-0.15, -0.1) is 10.2 Å². The molecule has 1 N–H and O–H groups in total. The summed E-state index contributed by atoms with van der Waals surface area (Å²) in [6.45, 7) is 1.79. The van der Waals surface area contributed by atoms with Crippen LogP contribution >= 0.6 is 11.6 Å². The van der Waals surface area contributed by atoms with Crippen molar-refractivity contribution in [1.82, 2.24) is 15.1 Å². The van der Waals surface area contributed by atoms with E-state index >= 15 is 0 Å². The van der Waals surface area contributed by atoms with Crippen molar-refractivity contribution in [3.05, 3.63) is 46.4 Å². The van der Waals surface area contributed by atoms with Crippen LogP contribution in [0.25, 0.3) is 0 Å². The van der Waals surface area contributed by atoms with Gasteiger partial charge in [0.15, 0.2) is 0 Å². The summed E-state index contributed by atoms with van der Waals surface area (Å²) in [6.07, 6.45) is 0. The van der Waals surface area contributed by atoms with E-state index in [9.17, 15) is 14.3 Å². The SMILES string of the molecule is Cc1nnc(CN(C)C(C(=O)O)c2ccc(F)c(Cl)c2)o1. The predicted octanol–water partition coefficient (Wildman–Crippen LogP) is 2.43. The Morgan fingerprint density at radius 2 is 2.24 bits per heavy atom. The van der Waals surface area contributed by atoms with E-state index in [0.717, 1.165) is 6.07 Å². The quantitative estimate of drug-likeness (QED) is 0.913. The van der Waals surface area contributed by atoms with Crippen LogP contribution in [0.1, 0.15) is 23.4 Å². The number of carboxylic acid groups (broad SMARTS) is 1. The number of hydrogen-bond acceptors (Lipinski definition) is 5. The zero-order chi connectivity index (χ0) is 15.6. The summed E-state index contributed by atoms with van der Waals surface area (Å²) in [5, 5.41) is 16.8. The lowest BCUT2D eigenvalue weighted by molar-refractivity contribution is -0.143. The Kier molecular flexibility index (Phi) is 4.54. The molecule has 8 heteroatoms. The molecule has 112 valence electrons. The van der Waals surface area contributed by atoms with Gasteiger partial charge in [0.05, 0.1) is 11.6 Å². The number of nitrogens with zero attached hydrogens (tertiary/aromatic N) is 3. The summed E-state index contributed by atoms with van der Waals surface area (Å²) >= 11 is 5.70.